The number of amides is 1. The fourth-order valence-electron chi connectivity index (χ4n) is 1.33. The van der Waals surface area contributed by atoms with Crippen molar-refractivity contribution >= 4 is 21.9 Å². The highest BCUT2D eigenvalue weighted by Crippen LogP contribution is 2.12. The lowest BCUT2D eigenvalue weighted by Crippen LogP contribution is -2.30. The minimum absolute atomic E-state index is 0.0153. The second kappa shape index (κ2) is 7.01. The maximum atomic E-state index is 12.0. The van der Waals surface area contributed by atoms with Crippen LogP contribution in [0.2, 0.25) is 0 Å². The molecule has 1 rings (SSSR count). The number of hydrogen-bond donors (Lipinski definition) is 3. The van der Waals surface area contributed by atoms with E-state index in [0.29, 0.717) is 0 Å². The Balaban J connectivity index is 2.80. The molecular weight excluding hydrogens is 288 g/mol. The molecule has 0 aliphatic carbocycles. The van der Waals surface area contributed by atoms with Gasteiger partial charge >= 0.3 is 5.97 Å². The van der Waals surface area contributed by atoms with E-state index in [9.17, 15) is 18.0 Å². The van der Waals surface area contributed by atoms with E-state index in [4.69, 9.17) is 4.74 Å². The van der Waals surface area contributed by atoms with Crippen molar-refractivity contribution in [2.45, 2.75) is 18.4 Å². The Bertz CT molecular complexity index is 580. The van der Waals surface area contributed by atoms with Crippen LogP contribution in [0.15, 0.2) is 11.2 Å². The first kappa shape index (κ1) is 16.1. The monoisotopic (exact) mass is 304 g/mol. The van der Waals surface area contributed by atoms with Crippen LogP contribution in [-0.2, 0) is 19.6 Å². The minimum Gasteiger partial charge on any atom is -0.462 e. The molecule has 0 saturated heterocycles. The first-order chi connectivity index (χ1) is 9.42. The van der Waals surface area contributed by atoms with Crippen LogP contribution in [0, 0.1) is 0 Å². The first-order valence-electron chi connectivity index (χ1n) is 5.83. The predicted molar refractivity (Wildman–Crippen MR) is 68.4 cm³/mol. The summed E-state index contributed by atoms with van der Waals surface area (Å²) in [5.41, 5.74) is -0.181. The lowest BCUT2D eigenvalue weighted by Gasteiger charge is -2.06. The van der Waals surface area contributed by atoms with Crippen LogP contribution in [0.25, 0.3) is 0 Å². The van der Waals surface area contributed by atoms with E-state index in [1.807, 2.05) is 0 Å². The quantitative estimate of drug-likeness (QED) is 0.554. The predicted octanol–water partition coefficient (Wildman–Crippen LogP) is -0.999. The number of sulfonamides is 1. The van der Waals surface area contributed by atoms with E-state index in [2.05, 4.69) is 20.2 Å². The van der Waals surface area contributed by atoms with E-state index in [1.54, 1.807) is 6.92 Å². The van der Waals surface area contributed by atoms with Crippen molar-refractivity contribution in [1.29, 1.82) is 0 Å². The van der Waals surface area contributed by atoms with Gasteiger partial charge in [-0.25, -0.2) is 17.9 Å². The van der Waals surface area contributed by atoms with Crippen molar-refractivity contribution < 1.29 is 22.7 Å². The minimum atomic E-state index is -3.96. The molecular formula is C10H16N4O5S. The van der Waals surface area contributed by atoms with Crippen LogP contribution in [-0.4, -0.2) is 50.7 Å². The van der Waals surface area contributed by atoms with Gasteiger partial charge in [-0.1, -0.05) is 0 Å². The highest BCUT2D eigenvalue weighted by Gasteiger charge is 2.25. The van der Waals surface area contributed by atoms with Crippen molar-refractivity contribution in [2.24, 2.45) is 0 Å². The molecule has 1 heterocycles. The molecule has 10 heteroatoms. The molecule has 0 saturated carbocycles. The first-order valence-corrected chi connectivity index (χ1v) is 7.31. The van der Waals surface area contributed by atoms with Crippen LogP contribution in [0.1, 0.15) is 23.7 Å². The van der Waals surface area contributed by atoms with E-state index >= 15 is 0 Å². The van der Waals surface area contributed by atoms with E-state index in [-0.39, 0.29) is 36.1 Å². The van der Waals surface area contributed by atoms with Crippen LogP contribution in [0.4, 0.5) is 0 Å². The number of hydrogen-bond acceptors (Lipinski definition) is 6. The Morgan fingerprint density at radius 3 is 2.75 bits per heavy atom. The summed E-state index contributed by atoms with van der Waals surface area (Å²) in [6, 6.07) is 0. The van der Waals surface area contributed by atoms with Gasteiger partial charge < -0.3 is 10.1 Å². The number of carbonyl (C=O) groups excluding carboxylic acids is 2. The van der Waals surface area contributed by atoms with E-state index in [0.717, 1.165) is 6.20 Å². The largest absolute Gasteiger partial charge is 0.462 e. The molecule has 0 spiro atoms. The van der Waals surface area contributed by atoms with Gasteiger partial charge in [-0.2, -0.15) is 5.10 Å². The van der Waals surface area contributed by atoms with Crippen LogP contribution in [0.3, 0.4) is 0 Å². The molecule has 0 aromatic carbocycles. The maximum Gasteiger partial charge on any atom is 0.342 e. The van der Waals surface area contributed by atoms with Crippen molar-refractivity contribution in [2.75, 3.05) is 20.2 Å². The number of rotatable bonds is 7. The second-order valence-corrected chi connectivity index (χ2v) is 5.36. The number of ether oxygens (including phenoxy) is 1. The van der Waals surface area contributed by atoms with Gasteiger partial charge in [0.05, 0.1) is 12.8 Å². The third-order valence-corrected chi connectivity index (χ3v) is 3.72. The van der Waals surface area contributed by atoms with E-state index in [1.165, 1.54) is 7.05 Å². The summed E-state index contributed by atoms with van der Waals surface area (Å²) in [4.78, 5) is 22.6. The number of aromatic nitrogens is 2. The van der Waals surface area contributed by atoms with Crippen molar-refractivity contribution in [3.63, 3.8) is 0 Å². The van der Waals surface area contributed by atoms with Gasteiger partial charge in [0.2, 0.25) is 5.91 Å². The molecule has 3 N–H and O–H groups in total. The number of esters is 1. The third-order valence-electron chi connectivity index (χ3n) is 2.29. The van der Waals surface area contributed by atoms with Gasteiger partial charge in [0.15, 0.2) is 5.03 Å². The van der Waals surface area contributed by atoms with Gasteiger partial charge in [0.1, 0.15) is 5.56 Å². The zero-order valence-electron chi connectivity index (χ0n) is 11.1. The fraction of sp³-hybridized carbons (Fsp3) is 0.500. The number of aromatic amines is 1. The molecule has 20 heavy (non-hydrogen) atoms. The summed E-state index contributed by atoms with van der Waals surface area (Å²) in [6.45, 7) is 1.63. The Hall–Kier alpha value is -1.94. The third kappa shape index (κ3) is 4.03. The molecule has 0 radical (unpaired) electrons. The molecule has 112 valence electrons. The molecule has 0 unspecified atom stereocenters. The average Bonchev–Trinajstić information content (AvgIpc) is 2.88. The molecule has 1 amide bonds. The SMILES string of the molecule is CCOC(=O)c1cn[nH]c1S(=O)(=O)NCCC(=O)NC. The summed E-state index contributed by atoms with van der Waals surface area (Å²) >= 11 is 0. The smallest absolute Gasteiger partial charge is 0.342 e. The fourth-order valence-corrected chi connectivity index (χ4v) is 2.44. The lowest BCUT2D eigenvalue weighted by molar-refractivity contribution is -0.120. The zero-order chi connectivity index (χ0) is 15.2. The van der Waals surface area contributed by atoms with Gasteiger partial charge in [-0.05, 0) is 6.92 Å². The Morgan fingerprint density at radius 2 is 2.15 bits per heavy atom. The van der Waals surface area contributed by atoms with Gasteiger partial charge in [-0.15, -0.1) is 0 Å². The molecule has 0 atom stereocenters. The molecule has 1 aromatic heterocycles. The summed E-state index contributed by atoms with van der Waals surface area (Å²) in [5.74, 6) is -1.09. The number of carbonyl (C=O) groups is 2. The summed E-state index contributed by atoms with van der Waals surface area (Å²) in [5, 5.41) is 7.75. The number of nitrogens with zero attached hydrogens (tertiary/aromatic N) is 1. The Morgan fingerprint density at radius 1 is 1.45 bits per heavy atom. The maximum absolute atomic E-state index is 12.0. The molecule has 0 aliphatic heterocycles. The van der Waals surface area contributed by atoms with Gasteiger partial charge in [0, 0.05) is 20.0 Å². The van der Waals surface area contributed by atoms with Crippen LogP contribution in [0.5, 0.6) is 0 Å². The van der Waals surface area contributed by atoms with Crippen molar-refractivity contribution in [1.82, 2.24) is 20.2 Å². The Labute approximate surface area is 116 Å². The van der Waals surface area contributed by atoms with Gasteiger partial charge in [-0.3, -0.25) is 9.89 Å². The molecule has 1 aromatic rings. The zero-order valence-corrected chi connectivity index (χ0v) is 11.9. The lowest BCUT2D eigenvalue weighted by atomic mass is 10.4. The molecule has 9 nitrogen and oxygen atoms in total. The van der Waals surface area contributed by atoms with Crippen LogP contribution >= 0.6 is 0 Å². The molecule has 0 aliphatic rings. The summed E-state index contributed by atoms with van der Waals surface area (Å²) < 4.78 is 30.9. The van der Waals surface area contributed by atoms with E-state index < -0.39 is 16.0 Å². The Kier molecular flexibility index (Phi) is 5.65. The topological polar surface area (TPSA) is 130 Å². The normalized spacial score (nSPS) is 11.1. The highest BCUT2D eigenvalue weighted by atomic mass is 32.2. The molecule has 0 fully saturated rings. The second-order valence-electron chi connectivity index (χ2n) is 3.65. The van der Waals surface area contributed by atoms with Gasteiger partial charge in [0.25, 0.3) is 10.0 Å². The van der Waals surface area contributed by atoms with Crippen molar-refractivity contribution in [3.05, 3.63) is 11.8 Å². The highest BCUT2D eigenvalue weighted by molar-refractivity contribution is 7.89. The standard InChI is InChI=1S/C10H16N4O5S/c1-3-19-10(16)7-6-12-14-9(7)20(17,18)13-5-4-8(15)11-2/h6,13H,3-5H2,1-2H3,(H,11,15)(H,12,14). The number of nitrogens with one attached hydrogen (secondary N) is 3. The van der Waals surface area contributed by atoms with Crippen LogP contribution < -0.4 is 10.0 Å². The average molecular weight is 304 g/mol. The number of H-pyrrole nitrogens is 1. The summed E-state index contributed by atoms with van der Waals surface area (Å²) in [6.07, 6.45) is 1.06. The summed E-state index contributed by atoms with van der Waals surface area (Å²) in [7, 11) is -2.51. The van der Waals surface area contributed by atoms with Crippen molar-refractivity contribution in [3.8, 4) is 0 Å². The molecule has 0 bridgehead atoms.